The van der Waals surface area contributed by atoms with E-state index in [4.69, 9.17) is 14.7 Å². The van der Waals surface area contributed by atoms with Crippen molar-refractivity contribution < 1.29 is 14.3 Å². The van der Waals surface area contributed by atoms with Gasteiger partial charge in [-0.05, 0) is 30.2 Å². The molecule has 1 amide bonds. The lowest BCUT2D eigenvalue weighted by Crippen LogP contribution is -2.25. The molecule has 1 aromatic carbocycles. The van der Waals surface area contributed by atoms with Crippen LogP contribution < -0.4 is 14.8 Å². The van der Waals surface area contributed by atoms with Crippen LogP contribution in [0.1, 0.15) is 25.3 Å². The van der Waals surface area contributed by atoms with Crippen LogP contribution in [0.5, 0.6) is 11.5 Å². The lowest BCUT2D eigenvalue weighted by molar-refractivity contribution is -0.117. The molecule has 1 heterocycles. The van der Waals surface area contributed by atoms with E-state index in [1.54, 1.807) is 12.1 Å². The van der Waals surface area contributed by atoms with E-state index in [1.807, 2.05) is 13.0 Å². The Labute approximate surface area is 131 Å². The zero-order valence-corrected chi connectivity index (χ0v) is 13.2. The monoisotopic (exact) mass is 350 g/mol. The summed E-state index contributed by atoms with van der Waals surface area (Å²) in [5, 5.41) is 11.9. The third-order valence-electron chi connectivity index (χ3n) is 2.97. The predicted molar refractivity (Wildman–Crippen MR) is 81.8 cm³/mol. The highest BCUT2D eigenvalue weighted by Gasteiger charge is 2.17. The highest BCUT2D eigenvalue weighted by molar-refractivity contribution is 9.10. The van der Waals surface area contributed by atoms with Crippen LogP contribution >= 0.6 is 15.9 Å². The Bertz CT molecular complexity index is 620. The normalized spacial score (nSPS) is 12.9. The summed E-state index contributed by atoms with van der Waals surface area (Å²) in [7, 11) is 0. The van der Waals surface area contributed by atoms with E-state index in [2.05, 4.69) is 21.2 Å². The molecule has 0 fully saturated rings. The van der Waals surface area contributed by atoms with Crippen molar-refractivity contribution in [3.63, 3.8) is 0 Å². The summed E-state index contributed by atoms with van der Waals surface area (Å²) in [6, 6.07) is 5.43. The van der Waals surface area contributed by atoms with Gasteiger partial charge in [-0.3, -0.25) is 4.79 Å². The number of fused-ring (bicyclic) bond motifs is 1. The van der Waals surface area contributed by atoms with Crippen LogP contribution in [0.25, 0.3) is 6.08 Å². The molecular weight excluding hydrogens is 336 g/mol. The molecular formula is C15H15BrN2O3. The Balaban J connectivity index is 2.20. The molecule has 1 aliphatic rings. The third-order valence-corrected chi connectivity index (χ3v) is 3.66. The summed E-state index contributed by atoms with van der Waals surface area (Å²) in [5.41, 5.74) is 0.757. The molecule has 0 aromatic heterocycles. The van der Waals surface area contributed by atoms with Crippen molar-refractivity contribution in [3.8, 4) is 17.6 Å². The summed E-state index contributed by atoms with van der Waals surface area (Å²) >= 11 is 3.40. The van der Waals surface area contributed by atoms with Crippen molar-refractivity contribution in [1.82, 2.24) is 5.32 Å². The largest absolute Gasteiger partial charge is 0.454 e. The Hall–Kier alpha value is -2.00. The molecule has 1 aliphatic heterocycles. The number of hydrogen-bond acceptors (Lipinski definition) is 4. The number of nitrogens with zero attached hydrogens (tertiary/aromatic N) is 1. The Morgan fingerprint density at radius 2 is 2.19 bits per heavy atom. The molecule has 110 valence electrons. The first-order valence-corrected chi connectivity index (χ1v) is 7.44. The molecule has 0 spiro atoms. The van der Waals surface area contributed by atoms with Gasteiger partial charge in [-0.25, -0.2) is 0 Å². The van der Waals surface area contributed by atoms with Gasteiger partial charge in [0.2, 0.25) is 6.79 Å². The Kier molecular flexibility index (Phi) is 5.23. The molecule has 0 saturated heterocycles. The van der Waals surface area contributed by atoms with Crippen LogP contribution in [-0.2, 0) is 4.79 Å². The maximum Gasteiger partial charge on any atom is 0.261 e. The van der Waals surface area contributed by atoms with E-state index in [0.717, 1.165) is 17.3 Å². The van der Waals surface area contributed by atoms with E-state index in [9.17, 15) is 4.79 Å². The van der Waals surface area contributed by atoms with Gasteiger partial charge < -0.3 is 14.8 Å². The second-order valence-corrected chi connectivity index (χ2v) is 5.36. The molecule has 1 aromatic rings. The molecule has 21 heavy (non-hydrogen) atoms. The van der Waals surface area contributed by atoms with Crippen molar-refractivity contribution in [3.05, 3.63) is 27.7 Å². The molecule has 0 bridgehead atoms. The van der Waals surface area contributed by atoms with Crippen molar-refractivity contribution in [1.29, 1.82) is 5.26 Å². The van der Waals surface area contributed by atoms with E-state index >= 15 is 0 Å². The average molecular weight is 351 g/mol. The van der Waals surface area contributed by atoms with Gasteiger partial charge in [0.15, 0.2) is 11.5 Å². The quantitative estimate of drug-likeness (QED) is 0.503. The van der Waals surface area contributed by atoms with Gasteiger partial charge >= 0.3 is 0 Å². The summed E-state index contributed by atoms with van der Waals surface area (Å²) in [5.74, 6) is 0.883. The second kappa shape index (κ2) is 7.14. The number of hydrogen-bond donors (Lipinski definition) is 1. The first kappa shape index (κ1) is 15.4. The van der Waals surface area contributed by atoms with Gasteiger partial charge in [0, 0.05) is 11.0 Å². The van der Waals surface area contributed by atoms with Crippen LogP contribution in [-0.4, -0.2) is 19.2 Å². The maximum atomic E-state index is 11.9. The van der Waals surface area contributed by atoms with Gasteiger partial charge in [0.25, 0.3) is 5.91 Å². The van der Waals surface area contributed by atoms with Crippen LogP contribution in [0.2, 0.25) is 0 Å². The fourth-order valence-electron chi connectivity index (χ4n) is 1.82. The first-order valence-electron chi connectivity index (χ1n) is 6.65. The minimum absolute atomic E-state index is 0.0608. The molecule has 1 N–H and O–H groups in total. The van der Waals surface area contributed by atoms with Crippen molar-refractivity contribution in [2.24, 2.45) is 0 Å². The van der Waals surface area contributed by atoms with Gasteiger partial charge in [-0.15, -0.1) is 0 Å². The lowest BCUT2D eigenvalue weighted by atomic mass is 10.1. The molecule has 6 heteroatoms. The topological polar surface area (TPSA) is 71.4 Å². The molecule has 2 rings (SSSR count). The number of amides is 1. The Morgan fingerprint density at radius 1 is 1.48 bits per heavy atom. The van der Waals surface area contributed by atoms with Crippen molar-refractivity contribution in [2.45, 2.75) is 19.8 Å². The summed E-state index contributed by atoms with van der Waals surface area (Å²) in [4.78, 5) is 11.9. The number of nitrogens with one attached hydrogen (secondary N) is 1. The van der Waals surface area contributed by atoms with E-state index in [0.29, 0.717) is 23.6 Å². The van der Waals surface area contributed by atoms with Crippen molar-refractivity contribution >= 4 is 27.9 Å². The fourth-order valence-corrected chi connectivity index (χ4v) is 2.26. The summed E-state index contributed by atoms with van der Waals surface area (Å²) in [6.45, 7) is 2.78. The average Bonchev–Trinajstić information content (AvgIpc) is 2.91. The number of carbonyl (C=O) groups is 1. The fraction of sp³-hybridized carbons (Fsp3) is 0.333. The minimum atomic E-state index is -0.365. The summed E-state index contributed by atoms with van der Waals surface area (Å²) < 4.78 is 11.3. The molecule has 0 saturated carbocycles. The first-order chi connectivity index (χ1) is 10.2. The van der Waals surface area contributed by atoms with E-state index in [1.165, 1.54) is 6.08 Å². The smallest absolute Gasteiger partial charge is 0.261 e. The third kappa shape index (κ3) is 3.76. The van der Waals surface area contributed by atoms with E-state index in [-0.39, 0.29) is 18.3 Å². The molecule has 0 atom stereocenters. The number of benzene rings is 1. The number of unbranched alkanes of at least 4 members (excludes halogenated alkanes) is 1. The van der Waals surface area contributed by atoms with Crippen molar-refractivity contribution in [2.75, 3.05) is 13.3 Å². The highest BCUT2D eigenvalue weighted by Crippen LogP contribution is 2.37. The zero-order valence-electron chi connectivity index (χ0n) is 11.6. The van der Waals surface area contributed by atoms with Gasteiger partial charge in [-0.1, -0.05) is 29.3 Å². The van der Waals surface area contributed by atoms with Gasteiger partial charge in [-0.2, -0.15) is 5.26 Å². The van der Waals surface area contributed by atoms with Crippen LogP contribution in [0.15, 0.2) is 22.2 Å². The molecule has 0 aliphatic carbocycles. The van der Waals surface area contributed by atoms with E-state index < -0.39 is 0 Å². The number of rotatable bonds is 5. The van der Waals surface area contributed by atoms with Crippen LogP contribution in [0.3, 0.4) is 0 Å². The van der Waals surface area contributed by atoms with Gasteiger partial charge in [0.05, 0.1) is 0 Å². The molecule has 0 radical (unpaired) electrons. The molecule has 5 nitrogen and oxygen atoms in total. The molecule has 0 unspecified atom stereocenters. The maximum absolute atomic E-state index is 11.9. The Morgan fingerprint density at radius 3 is 2.86 bits per heavy atom. The van der Waals surface area contributed by atoms with Gasteiger partial charge in [0.1, 0.15) is 11.6 Å². The minimum Gasteiger partial charge on any atom is -0.454 e. The predicted octanol–water partition coefficient (Wildman–Crippen LogP) is 3.00. The SMILES string of the molecule is CCCCNC(=O)/C(C#N)=C/c1cc2c(cc1Br)OCO2. The lowest BCUT2D eigenvalue weighted by Gasteiger charge is -2.05. The zero-order chi connectivity index (χ0) is 15.2. The number of nitriles is 1. The van der Waals surface area contributed by atoms with Crippen LogP contribution in [0.4, 0.5) is 0 Å². The summed E-state index contributed by atoms with van der Waals surface area (Å²) in [6.07, 6.45) is 3.41. The number of halogens is 1. The van der Waals surface area contributed by atoms with Crippen LogP contribution in [0, 0.1) is 11.3 Å². The number of carbonyl (C=O) groups excluding carboxylic acids is 1. The standard InChI is InChI=1S/C15H15BrN2O3/c1-2-3-4-18-15(19)11(8-17)5-10-6-13-14(7-12(10)16)21-9-20-13/h5-7H,2-4,9H2,1H3,(H,18,19)/b11-5+. The highest BCUT2D eigenvalue weighted by atomic mass is 79.9. The second-order valence-electron chi connectivity index (χ2n) is 4.51. The number of ether oxygens (including phenoxy) is 2.